The molecule has 0 heteroatoms. The summed E-state index contributed by atoms with van der Waals surface area (Å²) >= 11 is 0. The Morgan fingerprint density at radius 2 is 1.42 bits per heavy atom. The first-order valence-corrected chi connectivity index (χ1v) is 8.61. The third kappa shape index (κ3) is 6.30. The van der Waals surface area contributed by atoms with E-state index >= 15 is 0 Å². The van der Waals surface area contributed by atoms with Gasteiger partial charge in [0.25, 0.3) is 0 Å². The molecule has 0 atom stereocenters. The second-order valence-corrected chi connectivity index (χ2v) is 6.04. The number of allylic oxidation sites excluding steroid dienone is 12. The molecule has 1 aromatic carbocycles. The van der Waals surface area contributed by atoms with Crippen LogP contribution in [0.1, 0.15) is 18.4 Å². The van der Waals surface area contributed by atoms with Crippen molar-refractivity contribution in [2.45, 2.75) is 12.8 Å². The summed E-state index contributed by atoms with van der Waals surface area (Å²) in [7, 11) is 0. The molecule has 0 unspecified atom stereocenters. The van der Waals surface area contributed by atoms with Crippen molar-refractivity contribution in [2.24, 2.45) is 0 Å². The Bertz CT molecular complexity index is 884. The van der Waals surface area contributed by atoms with Gasteiger partial charge in [-0.25, -0.2) is 0 Å². The fraction of sp³-hybridized carbons (Fsp3) is 0.0769. The lowest BCUT2D eigenvalue weighted by Gasteiger charge is -2.08. The first kappa shape index (κ1) is 19.0. The maximum absolute atomic E-state index is 4.11. The Morgan fingerprint density at radius 3 is 2.00 bits per heavy atom. The third-order valence-electron chi connectivity index (χ3n) is 3.93. The Balaban J connectivity index is 1.89. The van der Waals surface area contributed by atoms with Gasteiger partial charge in [0.15, 0.2) is 0 Å². The van der Waals surface area contributed by atoms with Crippen molar-refractivity contribution >= 4 is 5.57 Å². The van der Waals surface area contributed by atoms with Gasteiger partial charge in [-0.2, -0.15) is 0 Å². The average molecular weight is 336 g/mol. The summed E-state index contributed by atoms with van der Waals surface area (Å²) in [5, 5.41) is 0. The fourth-order valence-corrected chi connectivity index (χ4v) is 2.37. The maximum atomic E-state index is 4.11. The molecule has 0 heterocycles. The van der Waals surface area contributed by atoms with Gasteiger partial charge in [0, 0.05) is 11.1 Å². The molecule has 0 amide bonds. The van der Waals surface area contributed by atoms with Gasteiger partial charge in [-0.15, -0.1) is 0 Å². The van der Waals surface area contributed by atoms with Crippen molar-refractivity contribution in [1.82, 2.24) is 0 Å². The molecule has 0 nitrogen and oxygen atoms in total. The van der Waals surface area contributed by atoms with Gasteiger partial charge >= 0.3 is 0 Å². The van der Waals surface area contributed by atoms with Crippen LogP contribution >= 0.6 is 0 Å². The predicted molar refractivity (Wildman–Crippen MR) is 115 cm³/mol. The number of benzene rings is 1. The molecule has 0 bridgehead atoms. The zero-order valence-electron chi connectivity index (χ0n) is 15.2. The Morgan fingerprint density at radius 1 is 0.808 bits per heavy atom. The quantitative estimate of drug-likeness (QED) is 0.397. The van der Waals surface area contributed by atoms with E-state index in [-0.39, 0.29) is 0 Å². The van der Waals surface area contributed by atoms with Gasteiger partial charge < -0.3 is 0 Å². The molecule has 0 spiro atoms. The van der Waals surface area contributed by atoms with Crippen molar-refractivity contribution in [2.75, 3.05) is 0 Å². The van der Waals surface area contributed by atoms with Crippen LogP contribution in [0.4, 0.5) is 0 Å². The lowest BCUT2D eigenvalue weighted by atomic mass is 9.98. The van der Waals surface area contributed by atoms with Gasteiger partial charge in [-0.05, 0) is 47.3 Å². The highest BCUT2D eigenvalue weighted by Crippen LogP contribution is 2.20. The van der Waals surface area contributed by atoms with Crippen LogP contribution in [0.5, 0.6) is 0 Å². The van der Waals surface area contributed by atoms with Crippen molar-refractivity contribution in [3.05, 3.63) is 127 Å². The molecule has 1 aromatic rings. The van der Waals surface area contributed by atoms with E-state index in [9.17, 15) is 0 Å². The van der Waals surface area contributed by atoms with Crippen LogP contribution in [0, 0.1) is 11.8 Å². The summed E-state index contributed by atoms with van der Waals surface area (Å²) in [5.74, 6) is 6.03. The summed E-state index contributed by atoms with van der Waals surface area (Å²) in [5.41, 5.74) is 5.73. The molecule has 0 radical (unpaired) electrons. The Kier molecular flexibility index (Phi) is 7.22. The second kappa shape index (κ2) is 9.87. The van der Waals surface area contributed by atoms with Crippen molar-refractivity contribution in [3.8, 4) is 11.8 Å². The average Bonchev–Trinajstić information content (AvgIpc) is 2.69. The standard InChI is InChI=1S/C26H24/c1-21(17-19-23(3)25-11-7-5-8-12-25)15-16-22(2)18-20-24(4)26-13-9-6-10-14-26/h5-9,11-13,17-20H,1-4,10,14H2/b19-17-,20-18-. The summed E-state index contributed by atoms with van der Waals surface area (Å²) in [6.07, 6.45) is 16.1. The number of rotatable bonds is 6. The minimum atomic E-state index is 0.718. The molecule has 0 aliphatic heterocycles. The maximum Gasteiger partial charge on any atom is 0.0177 e. The first-order chi connectivity index (χ1) is 12.6. The van der Waals surface area contributed by atoms with E-state index in [2.05, 4.69) is 56.4 Å². The fourth-order valence-electron chi connectivity index (χ4n) is 2.37. The molecule has 1 aliphatic rings. The molecule has 2 rings (SSSR count). The van der Waals surface area contributed by atoms with Gasteiger partial charge in [-0.3, -0.25) is 0 Å². The molecule has 1 aliphatic carbocycles. The van der Waals surface area contributed by atoms with E-state index in [0.29, 0.717) is 0 Å². The minimum absolute atomic E-state index is 0.718. The number of hydrogen-bond donors (Lipinski definition) is 0. The normalized spacial score (nSPS) is 13.2. The van der Waals surface area contributed by atoms with E-state index in [1.807, 2.05) is 54.6 Å². The van der Waals surface area contributed by atoms with E-state index in [0.717, 1.165) is 40.7 Å². The Hall–Kier alpha value is -3.30. The van der Waals surface area contributed by atoms with Crippen molar-refractivity contribution in [3.63, 3.8) is 0 Å². The molecular formula is C26H24. The second-order valence-electron chi connectivity index (χ2n) is 6.04. The minimum Gasteiger partial charge on any atom is -0.0915 e. The molecule has 0 saturated carbocycles. The van der Waals surface area contributed by atoms with Gasteiger partial charge in [0.1, 0.15) is 0 Å². The number of hydrogen-bond acceptors (Lipinski definition) is 0. The lowest BCUT2D eigenvalue weighted by molar-refractivity contribution is 0.979. The molecule has 0 saturated heterocycles. The van der Waals surface area contributed by atoms with Crippen LogP contribution in [-0.4, -0.2) is 0 Å². The monoisotopic (exact) mass is 336 g/mol. The van der Waals surface area contributed by atoms with Crippen molar-refractivity contribution < 1.29 is 0 Å². The van der Waals surface area contributed by atoms with Crippen LogP contribution in [0.15, 0.2) is 121 Å². The van der Waals surface area contributed by atoms with E-state index in [1.54, 1.807) is 0 Å². The van der Waals surface area contributed by atoms with Gasteiger partial charge in [0.05, 0.1) is 0 Å². The molecule has 0 fully saturated rings. The summed E-state index contributed by atoms with van der Waals surface area (Å²) in [4.78, 5) is 0. The summed E-state index contributed by atoms with van der Waals surface area (Å²) in [6.45, 7) is 16.1. The molecule has 0 N–H and O–H groups in total. The smallest absolute Gasteiger partial charge is 0.0177 e. The van der Waals surface area contributed by atoms with Crippen LogP contribution in [0.3, 0.4) is 0 Å². The van der Waals surface area contributed by atoms with Crippen LogP contribution < -0.4 is 0 Å². The van der Waals surface area contributed by atoms with E-state index in [4.69, 9.17) is 0 Å². The van der Waals surface area contributed by atoms with Crippen LogP contribution in [-0.2, 0) is 0 Å². The zero-order chi connectivity index (χ0) is 18.8. The molecule has 26 heavy (non-hydrogen) atoms. The Labute approximate surface area is 157 Å². The highest BCUT2D eigenvalue weighted by molar-refractivity contribution is 5.72. The van der Waals surface area contributed by atoms with Crippen LogP contribution in [0.2, 0.25) is 0 Å². The summed E-state index contributed by atoms with van der Waals surface area (Å²) < 4.78 is 0. The SMILES string of the molecule is C=C(C#CC(=C)/C=C\C(=C)c1ccccc1)/C=C\C(=C)C1=CC=CCC1. The van der Waals surface area contributed by atoms with Gasteiger partial charge in [-0.1, -0.05) is 98.9 Å². The molecular weight excluding hydrogens is 312 g/mol. The third-order valence-corrected chi connectivity index (χ3v) is 3.93. The zero-order valence-corrected chi connectivity index (χ0v) is 15.2. The summed E-state index contributed by atoms with van der Waals surface area (Å²) in [6, 6.07) is 10.0. The van der Waals surface area contributed by atoms with E-state index < -0.39 is 0 Å². The largest absolute Gasteiger partial charge is 0.0915 e. The lowest BCUT2D eigenvalue weighted by Crippen LogP contribution is -1.88. The van der Waals surface area contributed by atoms with Crippen molar-refractivity contribution in [1.29, 1.82) is 0 Å². The van der Waals surface area contributed by atoms with E-state index in [1.165, 1.54) is 5.57 Å². The van der Waals surface area contributed by atoms with Gasteiger partial charge in [0.2, 0.25) is 0 Å². The highest BCUT2D eigenvalue weighted by atomic mass is 14.1. The first-order valence-electron chi connectivity index (χ1n) is 8.61. The van der Waals surface area contributed by atoms with Crippen LogP contribution in [0.25, 0.3) is 5.57 Å². The predicted octanol–water partition coefficient (Wildman–Crippen LogP) is 6.76. The topological polar surface area (TPSA) is 0 Å². The molecule has 128 valence electrons. The highest BCUT2D eigenvalue weighted by Gasteiger charge is 2.00. The molecule has 0 aromatic heterocycles.